The third-order valence-corrected chi connectivity index (χ3v) is 3.32. The van der Waals surface area contributed by atoms with Gasteiger partial charge in [-0.15, -0.1) is 0 Å². The van der Waals surface area contributed by atoms with Gasteiger partial charge in [0.15, 0.2) is 0 Å². The second-order valence-electron chi connectivity index (χ2n) is 4.66. The van der Waals surface area contributed by atoms with Crippen molar-refractivity contribution in [1.82, 2.24) is 9.97 Å². The summed E-state index contributed by atoms with van der Waals surface area (Å²) in [6, 6.07) is 4.13. The van der Waals surface area contributed by atoms with Crippen LogP contribution in [-0.2, 0) is 0 Å². The van der Waals surface area contributed by atoms with Gasteiger partial charge in [0.1, 0.15) is 11.8 Å². The molecule has 0 radical (unpaired) electrons. The maximum atomic E-state index is 9.19. The van der Waals surface area contributed by atoms with E-state index in [0.29, 0.717) is 24.2 Å². The van der Waals surface area contributed by atoms with Crippen molar-refractivity contribution < 1.29 is 5.11 Å². The number of hydrogen-bond donors (Lipinski definition) is 1. The van der Waals surface area contributed by atoms with Crippen LogP contribution >= 0.6 is 0 Å². The van der Waals surface area contributed by atoms with E-state index in [9.17, 15) is 5.11 Å². The van der Waals surface area contributed by atoms with Crippen LogP contribution in [0, 0.1) is 18.3 Å². The first-order valence-electron chi connectivity index (χ1n) is 6.38. The van der Waals surface area contributed by atoms with E-state index in [-0.39, 0.29) is 6.61 Å². The Morgan fingerprint density at radius 1 is 1.44 bits per heavy atom. The molecule has 0 bridgehead atoms. The van der Waals surface area contributed by atoms with Crippen LogP contribution in [0.15, 0.2) is 6.07 Å². The zero-order valence-corrected chi connectivity index (χ0v) is 10.6. The van der Waals surface area contributed by atoms with Crippen LogP contribution in [0.1, 0.15) is 37.1 Å². The second kappa shape index (κ2) is 5.78. The Morgan fingerprint density at radius 3 is 2.78 bits per heavy atom. The molecule has 96 valence electrons. The summed E-state index contributed by atoms with van der Waals surface area (Å²) < 4.78 is 0. The standard InChI is InChI=1S/C13H18N4O/c1-10-8-11(9-14)16-13(15-10)17(6-7-18)12-4-2-3-5-12/h8,12,18H,2-7H2,1H3. The van der Waals surface area contributed by atoms with Crippen LogP contribution in [0.2, 0.25) is 0 Å². The molecule has 1 heterocycles. The first kappa shape index (κ1) is 12.8. The minimum atomic E-state index is 0.0791. The van der Waals surface area contributed by atoms with Crippen molar-refractivity contribution in [2.45, 2.75) is 38.6 Å². The van der Waals surface area contributed by atoms with Gasteiger partial charge >= 0.3 is 0 Å². The molecule has 0 saturated heterocycles. The number of aryl methyl sites for hydroxylation is 1. The molecule has 5 heteroatoms. The SMILES string of the molecule is Cc1cc(C#N)nc(N(CCO)C2CCCC2)n1. The molecular weight excluding hydrogens is 228 g/mol. The average Bonchev–Trinajstić information content (AvgIpc) is 2.88. The van der Waals surface area contributed by atoms with Gasteiger partial charge in [-0.25, -0.2) is 9.97 Å². The summed E-state index contributed by atoms with van der Waals surface area (Å²) in [5.74, 6) is 0.576. The van der Waals surface area contributed by atoms with Gasteiger partial charge < -0.3 is 10.0 Å². The summed E-state index contributed by atoms with van der Waals surface area (Å²) in [7, 11) is 0. The monoisotopic (exact) mass is 246 g/mol. The van der Waals surface area contributed by atoms with Crippen LogP contribution in [0.3, 0.4) is 0 Å². The Bertz CT molecular complexity index is 449. The van der Waals surface area contributed by atoms with E-state index in [0.717, 1.165) is 18.5 Å². The largest absolute Gasteiger partial charge is 0.395 e. The van der Waals surface area contributed by atoms with Gasteiger partial charge in [0, 0.05) is 18.3 Å². The van der Waals surface area contributed by atoms with Gasteiger partial charge in [-0.1, -0.05) is 12.8 Å². The lowest BCUT2D eigenvalue weighted by Gasteiger charge is -2.28. The summed E-state index contributed by atoms with van der Waals surface area (Å²) >= 11 is 0. The normalized spacial score (nSPS) is 15.6. The zero-order chi connectivity index (χ0) is 13.0. The fourth-order valence-corrected chi connectivity index (χ4v) is 2.51. The van der Waals surface area contributed by atoms with Crippen molar-refractivity contribution in [3.05, 3.63) is 17.5 Å². The zero-order valence-electron chi connectivity index (χ0n) is 10.6. The maximum Gasteiger partial charge on any atom is 0.227 e. The lowest BCUT2D eigenvalue weighted by Crippen LogP contribution is -2.37. The number of nitriles is 1. The molecule has 0 amide bonds. The Kier molecular flexibility index (Phi) is 4.11. The van der Waals surface area contributed by atoms with Crippen molar-refractivity contribution in [2.24, 2.45) is 0 Å². The highest BCUT2D eigenvalue weighted by atomic mass is 16.3. The first-order chi connectivity index (χ1) is 8.74. The number of anilines is 1. The summed E-state index contributed by atoms with van der Waals surface area (Å²) in [5, 5.41) is 18.1. The van der Waals surface area contributed by atoms with Gasteiger partial charge in [-0.3, -0.25) is 0 Å². The molecule has 18 heavy (non-hydrogen) atoms. The summed E-state index contributed by atoms with van der Waals surface area (Å²) in [6.07, 6.45) is 4.64. The smallest absolute Gasteiger partial charge is 0.227 e. The predicted octanol–water partition coefficient (Wildman–Crippen LogP) is 1.40. The minimum Gasteiger partial charge on any atom is -0.395 e. The maximum absolute atomic E-state index is 9.19. The fourth-order valence-electron chi connectivity index (χ4n) is 2.51. The highest BCUT2D eigenvalue weighted by Crippen LogP contribution is 2.26. The van der Waals surface area contributed by atoms with Crippen LogP contribution < -0.4 is 4.90 Å². The molecule has 1 aliphatic carbocycles. The van der Waals surface area contributed by atoms with Gasteiger partial charge in [0.05, 0.1) is 6.61 Å². The molecule has 5 nitrogen and oxygen atoms in total. The van der Waals surface area contributed by atoms with Gasteiger partial charge in [-0.2, -0.15) is 5.26 Å². The molecule has 0 aromatic carbocycles. The van der Waals surface area contributed by atoms with Crippen LogP contribution in [0.25, 0.3) is 0 Å². The van der Waals surface area contributed by atoms with Crippen molar-refractivity contribution >= 4 is 5.95 Å². The van der Waals surface area contributed by atoms with E-state index in [1.807, 2.05) is 11.8 Å². The van der Waals surface area contributed by atoms with E-state index in [4.69, 9.17) is 5.26 Å². The minimum absolute atomic E-state index is 0.0791. The summed E-state index contributed by atoms with van der Waals surface area (Å²) in [4.78, 5) is 10.7. The Labute approximate surface area is 107 Å². The van der Waals surface area contributed by atoms with Crippen LogP contribution in [0.4, 0.5) is 5.95 Å². The molecule has 0 unspecified atom stereocenters. The van der Waals surface area contributed by atoms with E-state index in [1.165, 1.54) is 12.8 Å². The number of rotatable bonds is 4. The third kappa shape index (κ3) is 2.77. The molecule has 0 atom stereocenters. The molecule has 1 aromatic heterocycles. The topological polar surface area (TPSA) is 73.0 Å². The Balaban J connectivity index is 2.29. The van der Waals surface area contributed by atoms with Gasteiger partial charge in [0.25, 0.3) is 0 Å². The third-order valence-electron chi connectivity index (χ3n) is 3.32. The number of aromatic nitrogens is 2. The van der Waals surface area contributed by atoms with Crippen molar-refractivity contribution in [3.63, 3.8) is 0 Å². The van der Waals surface area contributed by atoms with E-state index in [2.05, 4.69) is 16.0 Å². The quantitative estimate of drug-likeness (QED) is 0.869. The number of hydrogen-bond acceptors (Lipinski definition) is 5. The van der Waals surface area contributed by atoms with Crippen LogP contribution in [-0.4, -0.2) is 34.3 Å². The van der Waals surface area contributed by atoms with Crippen LogP contribution in [0.5, 0.6) is 0 Å². The summed E-state index contributed by atoms with van der Waals surface area (Å²) in [5.41, 5.74) is 1.18. The summed E-state index contributed by atoms with van der Waals surface area (Å²) in [6.45, 7) is 2.46. The predicted molar refractivity (Wildman–Crippen MR) is 68.2 cm³/mol. The van der Waals surface area contributed by atoms with E-state index in [1.54, 1.807) is 6.07 Å². The number of nitrogens with zero attached hydrogens (tertiary/aromatic N) is 4. The molecule has 1 N–H and O–H groups in total. The lowest BCUT2D eigenvalue weighted by molar-refractivity contribution is 0.296. The van der Waals surface area contributed by atoms with E-state index < -0.39 is 0 Å². The number of aliphatic hydroxyl groups excluding tert-OH is 1. The molecule has 1 fully saturated rings. The highest BCUT2D eigenvalue weighted by Gasteiger charge is 2.24. The number of aliphatic hydroxyl groups is 1. The van der Waals surface area contributed by atoms with Crippen molar-refractivity contribution in [2.75, 3.05) is 18.1 Å². The first-order valence-corrected chi connectivity index (χ1v) is 6.38. The van der Waals surface area contributed by atoms with Crippen molar-refractivity contribution in [1.29, 1.82) is 5.26 Å². The Hall–Kier alpha value is -1.67. The average molecular weight is 246 g/mol. The fraction of sp³-hybridized carbons (Fsp3) is 0.615. The molecule has 1 aromatic rings. The molecular formula is C13H18N4O. The molecule has 1 saturated carbocycles. The van der Waals surface area contributed by atoms with E-state index >= 15 is 0 Å². The molecule has 0 aliphatic heterocycles. The van der Waals surface area contributed by atoms with Gasteiger partial charge in [0.2, 0.25) is 5.95 Å². The lowest BCUT2D eigenvalue weighted by atomic mass is 10.2. The van der Waals surface area contributed by atoms with Crippen molar-refractivity contribution in [3.8, 4) is 6.07 Å². The highest BCUT2D eigenvalue weighted by molar-refractivity contribution is 5.37. The molecule has 2 rings (SSSR count). The van der Waals surface area contributed by atoms with Gasteiger partial charge in [-0.05, 0) is 25.8 Å². The second-order valence-corrected chi connectivity index (χ2v) is 4.66. The molecule has 0 spiro atoms. The Morgan fingerprint density at radius 2 is 2.17 bits per heavy atom. The molecule has 1 aliphatic rings.